The number of nitrogens with zero attached hydrogens (tertiary/aromatic N) is 3. The fourth-order valence-corrected chi connectivity index (χ4v) is 5.76. The van der Waals surface area contributed by atoms with E-state index in [0.29, 0.717) is 34.3 Å². The third-order valence-electron chi connectivity index (χ3n) is 4.35. The van der Waals surface area contributed by atoms with Gasteiger partial charge < -0.3 is 9.42 Å². The van der Waals surface area contributed by atoms with E-state index in [4.69, 9.17) is 4.52 Å². The molecule has 0 bridgehead atoms. The second-order valence-electron chi connectivity index (χ2n) is 5.97. The highest BCUT2D eigenvalue weighted by molar-refractivity contribution is 7.91. The normalized spacial score (nSPS) is 16.4. The maximum Gasteiger partial charge on any atom is 0.259 e. The first-order valence-corrected chi connectivity index (χ1v) is 10.4. The minimum Gasteiger partial charge on any atom is -0.361 e. The quantitative estimate of drug-likeness (QED) is 0.807. The van der Waals surface area contributed by atoms with E-state index in [2.05, 4.69) is 5.16 Å². The van der Waals surface area contributed by atoms with Gasteiger partial charge in [0.15, 0.2) is 0 Å². The zero-order valence-corrected chi connectivity index (χ0v) is 16.1. The summed E-state index contributed by atoms with van der Waals surface area (Å²) in [6.07, 6.45) is 0.819. The molecule has 1 aliphatic heterocycles. The summed E-state index contributed by atoms with van der Waals surface area (Å²) in [6, 6.07) is 3.52. The molecule has 0 atom stereocenters. The highest BCUT2D eigenvalue weighted by atomic mass is 32.2. The molecule has 3 heterocycles. The van der Waals surface area contributed by atoms with Gasteiger partial charge >= 0.3 is 0 Å². The molecule has 1 saturated heterocycles. The molecule has 7 nitrogen and oxygen atoms in total. The minimum atomic E-state index is -3.49. The van der Waals surface area contributed by atoms with E-state index in [1.54, 1.807) is 24.8 Å². The van der Waals surface area contributed by atoms with Crippen LogP contribution in [-0.2, 0) is 16.4 Å². The first kappa shape index (κ1) is 18.1. The summed E-state index contributed by atoms with van der Waals surface area (Å²) < 4.78 is 32.4. The summed E-state index contributed by atoms with van der Waals surface area (Å²) in [4.78, 5) is 15.3. The molecular weight excluding hydrogens is 362 g/mol. The van der Waals surface area contributed by atoms with Crippen LogP contribution in [0.25, 0.3) is 0 Å². The standard InChI is InChI=1S/C16H21N3O4S2/c1-4-13-5-6-14(24-13)25(21,22)19-9-7-18(8-10-19)16(20)15-11(2)17-23-12(15)3/h5-6H,4,7-10H2,1-3H3. The van der Waals surface area contributed by atoms with Crippen molar-refractivity contribution in [2.45, 2.75) is 31.4 Å². The Balaban J connectivity index is 1.70. The lowest BCUT2D eigenvalue weighted by molar-refractivity contribution is 0.0695. The molecule has 0 aliphatic carbocycles. The van der Waals surface area contributed by atoms with Gasteiger partial charge in [0.05, 0.1) is 5.69 Å². The molecule has 2 aromatic rings. The van der Waals surface area contributed by atoms with Gasteiger partial charge in [-0.3, -0.25) is 4.79 Å². The second-order valence-corrected chi connectivity index (χ2v) is 9.30. The number of carbonyl (C=O) groups excluding carboxylic acids is 1. The summed E-state index contributed by atoms with van der Waals surface area (Å²) in [5, 5.41) is 3.81. The van der Waals surface area contributed by atoms with E-state index in [9.17, 15) is 13.2 Å². The molecule has 2 aromatic heterocycles. The molecule has 0 spiro atoms. The average molecular weight is 383 g/mol. The van der Waals surface area contributed by atoms with Crippen molar-refractivity contribution >= 4 is 27.3 Å². The third-order valence-corrected chi connectivity index (χ3v) is 7.95. The van der Waals surface area contributed by atoms with Crippen LogP contribution in [0.15, 0.2) is 20.9 Å². The Labute approximate surface area is 151 Å². The Morgan fingerprint density at radius 3 is 2.44 bits per heavy atom. The van der Waals surface area contributed by atoms with Crippen LogP contribution in [0, 0.1) is 13.8 Å². The van der Waals surface area contributed by atoms with Gasteiger partial charge in [0, 0.05) is 31.1 Å². The van der Waals surface area contributed by atoms with Crippen molar-refractivity contribution < 1.29 is 17.7 Å². The van der Waals surface area contributed by atoms with Crippen molar-refractivity contribution in [2.75, 3.05) is 26.2 Å². The summed E-state index contributed by atoms with van der Waals surface area (Å²) in [6.45, 7) is 6.72. The zero-order chi connectivity index (χ0) is 18.2. The lowest BCUT2D eigenvalue weighted by Gasteiger charge is -2.33. The molecule has 25 heavy (non-hydrogen) atoms. The number of hydrogen-bond donors (Lipinski definition) is 0. The zero-order valence-electron chi connectivity index (χ0n) is 14.5. The van der Waals surface area contributed by atoms with Gasteiger partial charge in [-0.2, -0.15) is 4.31 Å². The van der Waals surface area contributed by atoms with Crippen LogP contribution < -0.4 is 0 Å². The van der Waals surface area contributed by atoms with E-state index in [0.717, 1.165) is 11.3 Å². The predicted molar refractivity (Wildman–Crippen MR) is 94.3 cm³/mol. The molecule has 0 aromatic carbocycles. The van der Waals surface area contributed by atoms with Crippen molar-refractivity contribution in [1.82, 2.24) is 14.4 Å². The third kappa shape index (κ3) is 3.36. The van der Waals surface area contributed by atoms with E-state index < -0.39 is 10.0 Å². The molecule has 0 saturated carbocycles. The van der Waals surface area contributed by atoms with Crippen LogP contribution in [0.3, 0.4) is 0 Å². The van der Waals surface area contributed by atoms with Crippen LogP contribution in [0.1, 0.15) is 33.6 Å². The Morgan fingerprint density at radius 2 is 1.92 bits per heavy atom. The number of sulfonamides is 1. The molecule has 1 fully saturated rings. The molecule has 1 amide bonds. The van der Waals surface area contributed by atoms with E-state index in [1.807, 2.05) is 13.0 Å². The van der Waals surface area contributed by atoms with Crippen molar-refractivity contribution in [3.63, 3.8) is 0 Å². The number of amides is 1. The first-order valence-electron chi connectivity index (χ1n) is 8.15. The lowest BCUT2D eigenvalue weighted by Crippen LogP contribution is -2.50. The van der Waals surface area contributed by atoms with Gasteiger partial charge in [-0.15, -0.1) is 11.3 Å². The van der Waals surface area contributed by atoms with Crippen molar-refractivity contribution in [2.24, 2.45) is 0 Å². The molecule has 0 unspecified atom stereocenters. The van der Waals surface area contributed by atoms with Gasteiger partial charge in [-0.05, 0) is 32.4 Å². The Hall–Kier alpha value is -1.71. The highest BCUT2D eigenvalue weighted by Crippen LogP contribution is 2.26. The molecule has 0 N–H and O–H groups in total. The van der Waals surface area contributed by atoms with Gasteiger partial charge in [0.2, 0.25) is 0 Å². The Kier molecular flexibility index (Phi) is 4.99. The number of piperazine rings is 1. The number of thiophene rings is 1. The van der Waals surface area contributed by atoms with Gasteiger partial charge in [-0.25, -0.2) is 8.42 Å². The van der Waals surface area contributed by atoms with Gasteiger partial charge in [0.25, 0.3) is 15.9 Å². The van der Waals surface area contributed by atoms with Crippen molar-refractivity contribution in [3.8, 4) is 0 Å². The number of rotatable bonds is 4. The van der Waals surface area contributed by atoms with E-state index >= 15 is 0 Å². The van der Waals surface area contributed by atoms with Crippen molar-refractivity contribution in [1.29, 1.82) is 0 Å². The second kappa shape index (κ2) is 6.89. The maximum absolute atomic E-state index is 12.7. The topological polar surface area (TPSA) is 83.7 Å². The molecule has 9 heteroatoms. The number of carbonyl (C=O) groups is 1. The summed E-state index contributed by atoms with van der Waals surface area (Å²) in [7, 11) is -3.49. The van der Waals surface area contributed by atoms with Crippen LogP contribution in [0.2, 0.25) is 0 Å². The summed E-state index contributed by atoms with van der Waals surface area (Å²) in [5.74, 6) is 0.334. The average Bonchev–Trinajstić information content (AvgIpc) is 3.21. The van der Waals surface area contributed by atoms with E-state index in [-0.39, 0.29) is 19.0 Å². The fourth-order valence-electron chi connectivity index (χ4n) is 2.89. The Bertz CT molecular complexity index is 858. The SMILES string of the molecule is CCc1ccc(S(=O)(=O)N2CCN(C(=O)c3c(C)noc3C)CC2)s1. The molecule has 1 aliphatic rings. The molecular formula is C16H21N3O4S2. The van der Waals surface area contributed by atoms with E-state index in [1.165, 1.54) is 15.6 Å². The number of aromatic nitrogens is 1. The minimum absolute atomic E-state index is 0.155. The van der Waals surface area contributed by atoms with Crippen LogP contribution in [0.5, 0.6) is 0 Å². The monoisotopic (exact) mass is 383 g/mol. The number of aryl methyl sites for hydroxylation is 3. The summed E-state index contributed by atoms with van der Waals surface area (Å²) in [5.41, 5.74) is 1.03. The van der Waals surface area contributed by atoms with Crippen LogP contribution >= 0.6 is 11.3 Å². The Morgan fingerprint density at radius 1 is 1.24 bits per heavy atom. The summed E-state index contributed by atoms with van der Waals surface area (Å²) >= 11 is 1.31. The van der Waals surface area contributed by atoms with Crippen LogP contribution in [-0.4, -0.2) is 54.9 Å². The first-order chi connectivity index (χ1) is 11.8. The maximum atomic E-state index is 12.7. The van der Waals surface area contributed by atoms with Crippen molar-refractivity contribution in [3.05, 3.63) is 34.0 Å². The molecule has 3 rings (SSSR count). The fraction of sp³-hybridized carbons (Fsp3) is 0.500. The van der Waals surface area contributed by atoms with Gasteiger partial charge in [-0.1, -0.05) is 12.1 Å². The molecule has 0 radical (unpaired) electrons. The molecule has 136 valence electrons. The number of hydrogen-bond acceptors (Lipinski definition) is 6. The van der Waals surface area contributed by atoms with Crippen LogP contribution in [0.4, 0.5) is 0 Å². The lowest BCUT2D eigenvalue weighted by atomic mass is 10.1. The predicted octanol–water partition coefficient (Wildman–Crippen LogP) is 2.06. The van der Waals surface area contributed by atoms with Gasteiger partial charge in [0.1, 0.15) is 15.5 Å². The highest BCUT2D eigenvalue weighted by Gasteiger charge is 2.32. The largest absolute Gasteiger partial charge is 0.361 e. The smallest absolute Gasteiger partial charge is 0.259 e.